The summed E-state index contributed by atoms with van der Waals surface area (Å²) in [6.45, 7) is 0. The molecular formula is C40H30N6. The van der Waals surface area contributed by atoms with Crippen LogP contribution in [-0.4, -0.2) is 22.3 Å². The van der Waals surface area contributed by atoms with E-state index >= 15 is 0 Å². The van der Waals surface area contributed by atoms with E-state index in [0.29, 0.717) is 0 Å². The lowest BCUT2D eigenvalue weighted by Gasteiger charge is -2.39. The van der Waals surface area contributed by atoms with Crippen LogP contribution in [0.5, 0.6) is 0 Å². The van der Waals surface area contributed by atoms with Crippen LogP contribution in [0.2, 0.25) is 0 Å². The predicted octanol–water partition coefficient (Wildman–Crippen LogP) is 8.70. The third kappa shape index (κ3) is 3.11. The molecule has 6 nitrogen and oxygen atoms in total. The molecule has 6 aliphatic heterocycles. The molecule has 5 aromatic carbocycles. The van der Waals surface area contributed by atoms with Gasteiger partial charge >= 0.3 is 0 Å². The van der Waals surface area contributed by atoms with E-state index in [0.717, 1.165) is 30.2 Å². The van der Waals surface area contributed by atoms with Gasteiger partial charge < -0.3 is 19.6 Å². The summed E-state index contributed by atoms with van der Waals surface area (Å²) in [7, 11) is 0. The summed E-state index contributed by atoms with van der Waals surface area (Å²) in [6, 6.07) is 45.3. The number of rotatable bonds is 2. The summed E-state index contributed by atoms with van der Waals surface area (Å²) in [4.78, 5) is 20.1. The van der Waals surface area contributed by atoms with Gasteiger partial charge in [-0.25, -0.2) is 9.97 Å². The molecule has 220 valence electrons. The summed E-state index contributed by atoms with van der Waals surface area (Å²) in [5.74, 6) is 2.13. The van der Waals surface area contributed by atoms with Crippen molar-refractivity contribution in [3.8, 4) is 0 Å². The fourth-order valence-electron chi connectivity index (χ4n) is 9.05. The summed E-state index contributed by atoms with van der Waals surface area (Å²) >= 11 is 0. The van der Waals surface area contributed by atoms with Gasteiger partial charge in [-0.3, -0.25) is 0 Å². The Labute approximate surface area is 267 Å². The van der Waals surface area contributed by atoms with Gasteiger partial charge in [-0.2, -0.15) is 0 Å². The van der Waals surface area contributed by atoms with E-state index in [9.17, 15) is 0 Å². The standard InChI is InChI=1S/C40H30N6/c1-2-8-27(9-3-1)43-33-12-6-7-13-34(33)45-31-11-5-4-10-29(31)35(39(43)45)36-30-24-26-15-14-25-16-19-28(20-17-25)44-37-38(42-23-22-41-37)46(40(36)44)32(30)21-18-26/h1-13,16-24,35-36,39-40H,14-15H2. The Morgan fingerprint density at radius 1 is 0.435 bits per heavy atom. The van der Waals surface area contributed by atoms with Crippen molar-refractivity contribution in [2.45, 2.75) is 37.0 Å². The molecule has 5 bridgehead atoms. The number of anilines is 8. The van der Waals surface area contributed by atoms with Crippen molar-refractivity contribution in [2.24, 2.45) is 0 Å². The smallest absolute Gasteiger partial charge is 0.178 e. The average Bonchev–Trinajstić information content (AvgIpc) is 3.82. The normalized spacial score (nSPS) is 22.4. The van der Waals surface area contributed by atoms with Crippen molar-refractivity contribution in [3.63, 3.8) is 0 Å². The van der Waals surface area contributed by atoms with Crippen molar-refractivity contribution in [3.05, 3.63) is 156 Å². The van der Waals surface area contributed by atoms with Crippen molar-refractivity contribution < 1.29 is 0 Å². The number of fused-ring (bicyclic) bond motifs is 11. The minimum atomic E-state index is -0.0210. The highest BCUT2D eigenvalue weighted by molar-refractivity contribution is 5.94. The Morgan fingerprint density at radius 3 is 1.80 bits per heavy atom. The monoisotopic (exact) mass is 594 g/mol. The van der Waals surface area contributed by atoms with Gasteiger partial charge in [0, 0.05) is 47.0 Å². The molecule has 0 N–H and O–H groups in total. The summed E-state index contributed by atoms with van der Waals surface area (Å²) in [5, 5.41) is 0. The third-order valence-electron chi connectivity index (χ3n) is 10.8. The number of aromatic nitrogens is 2. The van der Waals surface area contributed by atoms with Gasteiger partial charge in [0.15, 0.2) is 11.6 Å². The fourth-order valence-corrected chi connectivity index (χ4v) is 9.05. The minimum absolute atomic E-state index is 0.0210. The van der Waals surface area contributed by atoms with Crippen molar-refractivity contribution in [1.82, 2.24) is 9.97 Å². The maximum Gasteiger partial charge on any atom is 0.178 e. The van der Waals surface area contributed by atoms with Crippen LogP contribution in [0.1, 0.15) is 34.1 Å². The molecule has 0 aliphatic carbocycles. The Kier molecular flexibility index (Phi) is 4.82. The van der Waals surface area contributed by atoms with Crippen LogP contribution in [-0.2, 0) is 12.8 Å². The van der Waals surface area contributed by atoms with E-state index in [1.54, 1.807) is 0 Å². The number of nitrogens with zero attached hydrogens (tertiary/aromatic N) is 6. The number of aryl methyl sites for hydroxylation is 2. The number of para-hydroxylation sites is 4. The molecule has 0 amide bonds. The Morgan fingerprint density at radius 2 is 1.00 bits per heavy atom. The molecule has 12 rings (SSSR count). The second-order valence-electron chi connectivity index (χ2n) is 13.0. The number of hydrogen-bond acceptors (Lipinski definition) is 6. The molecule has 6 heteroatoms. The number of benzene rings is 5. The van der Waals surface area contributed by atoms with E-state index in [1.165, 1.54) is 50.7 Å². The van der Waals surface area contributed by atoms with Gasteiger partial charge in [0.05, 0.1) is 11.4 Å². The van der Waals surface area contributed by atoms with Gasteiger partial charge in [-0.15, -0.1) is 0 Å². The lowest BCUT2D eigenvalue weighted by molar-refractivity contribution is 0.440. The van der Waals surface area contributed by atoms with E-state index in [2.05, 4.69) is 141 Å². The highest BCUT2D eigenvalue weighted by Gasteiger charge is 2.60. The van der Waals surface area contributed by atoms with E-state index in [4.69, 9.17) is 9.97 Å². The van der Waals surface area contributed by atoms with Gasteiger partial charge in [0.25, 0.3) is 0 Å². The SMILES string of the molecule is c1ccc(N2c3ccccc3N3c4ccccc4C(C4c5cc6ccc5N5c7nccnc7N(c7ccc(cc7)CC6)C45)C23)cc1. The molecule has 6 aliphatic rings. The van der Waals surface area contributed by atoms with Crippen LogP contribution < -0.4 is 19.6 Å². The summed E-state index contributed by atoms with van der Waals surface area (Å²) < 4.78 is 0. The zero-order chi connectivity index (χ0) is 29.9. The average molecular weight is 595 g/mol. The van der Waals surface area contributed by atoms with E-state index < -0.39 is 0 Å². The van der Waals surface area contributed by atoms with Crippen molar-refractivity contribution >= 4 is 45.8 Å². The van der Waals surface area contributed by atoms with E-state index in [-0.39, 0.29) is 24.2 Å². The first-order valence-corrected chi connectivity index (χ1v) is 16.3. The molecule has 0 saturated heterocycles. The first-order chi connectivity index (χ1) is 22.8. The van der Waals surface area contributed by atoms with Gasteiger partial charge in [-0.1, -0.05) is 72.8 Å². The quantitative estimate of drug-likeness (QED) is 0.200. The molecule has 46 heavy (non-hydrogen) atoms. The minimum Gasteiger partial charge on any atom is -0.318 e. The summed E-state index contributed by atoms with van der Waals surface area (Å²) in [6.07, 6.45) is 5.74. The lowest BCUT2D eigenvalue weighted by Crippen LogP contribution is -2.46. The molecule has 0 saturated carbocycles. The third-order valence-corrected chi connectivity index (χ3v) is 10.8. The van der Waals surface area contributed by atoms with Crippen molar-refractivity contribution in [1.29, 1.82) is 0 Å². The number of hydrogen-bond donors (Lipinski definition) is 0. The maximum atomic E-state index is 5.00. The molecule has 4 unspecified atom stereocenters. The van der Waals surface area contributed by atoms with Crippen LogP contribution in [0, 0.1) is 0 Å². The molecule has 4 atom stereocenters. The lowest BCUT2D eigenvalue weighted by atomic mass is 9.79. The van der Waals surface area contributed by atoms with Gasteiger partial charge in [0.1, 0.15) is 12.3 Å². The molecule has 1 aromatic heterocycles. The van der Waals surface area contributed by atoms with Crippen molar-refractivity contribution in [2.75, 3.05) is 19.6 Å². The second kappa shape index (κ2) is 8.98. The molecule has 7 heterocycles. The topological polar surface area (TPSA) is 38.7 Å². The molecule has 6 aromatic rings. The van der Waals surface area contributed by atoms with Crippen LogP contribution in [0.3, 0.4) is 0 Å². The summed E-state index contributed by atoms with van der Waals surface area (Å²) in [5.41, 5.74) is 13.0. The van der Waals surface area contributed by atoms with Gasteiger partial charge in [-0.05, 0) is 83.6 Å². The molecule has 0 radical (unpaired) electrons. The van der Waals surface area contributed by atoms with Crippen LogP contribution in [0.25, 0.3) is 0 Å². The van der Waals surface area contributed by atoms with Crippen LogP contribution >= 0.6 is 0 Å². The van der Waals surface area contributed by atoms with Crippen LogP contribution in [0.4, 0.5) is 45.8 Å². The molecule has 0 spiro atoms. The molecular weight excluding hydrogens is 564 g/mol. The fraction of sp³-hybridized carbons (Fsp3) is 0.150. The zero-order valence-corrected chi connectivity index (χ0v) is 25.1. The predicted molar refractivity (Wildman–Crippen MR) is 183 cm³/mol. The van der Waals surface area contributed by atoms with E-state index in [1.807, 2.05) is 12.4 Å². The second-order valence-corrected chi connectivity index (χ2v) is 13.0. The Balaban J connectivity index is 1.21. The highest BCUT2D eigenvalue weighted by atomic mass is 15.5. The zero-order valence-electron chi connectivity index (χ0n) is 25.1. The van der Waals surface area contributed by atoms with Crippen LogP contribution in [0.15, 0.2) is 134 Å². The molecule has 0 fully saturated rings. The Bertz CT molecular complexity index is 2150. The first kappa shape index (κ1) is 24.7. The largest absolute Gasteiger partial charge is 0.318 e. The highest BCUT2D eigenvalue weighted by Crippen LogP contribution is 2.65. The first-order valence-electron chi connectivity index (χ1n) is 16.3. The Hall–Kier alpha value is -5.62. The maximum absolute atomic E-state index is 5.00. The van der Waals surface area contributed by atoms with Gasteiger partial charge in [0.2, 0.25) is 0 Å².